The average Bonchev–Trinajstić information content (AvgIpc) is 2.04. The summed E-state index contributed by atoms with van der Waals surface area (Å²) in [4.78, 5) is 0. The summed E-state index contributed by atoms with van der Waals surface area (Å²) < 4.78 is 5.25. The van der Waals surface area contributed by atoms with Crippen molar-refractivity contribution >= 4 is 0 Å². The summed E-state index contributed by atoms with van der Waals surface area (Å²) in [6.07, 6.45) is 0.714. The lowest BCUT2D eigenvalue weighted by atomic mass is 10.0. The number of aryl methyl sites for hydroxylation is 2. The van der Waals surface area contributed by atoms with Gasteiger partial charge in [-0.15, -0.1) is 0 Å². The molecule has 0 aliphatic carbocycles. The lowest BCUT2D eigenvalue weighted by Crippen LogP contribution is -1.96. The second-order valence-corrected chi connectivity index (χ2v) is 3.24. The van der Waals surface area contributed by atoms with E-state index in [1.54, 1.807) is 7.11 Å². The van der Waals surface area contributed by atoms with Gasteiger partial charge in [0.1, 0.15) is 5.75 Å². The van der Waals surface area contributed by atoms with Crippen molar-refractivity contribution in [3.05, 3.63) is 28.8 Å². The molecule has 1 N–H and O–H groups in total. The van der Waals surface area contributed by atoms with Crippen LogP contribution in [0.3, 0.4) is 0 Å². The lowest BCUT2D eigenvalue weighted by molar-refractivity contribution is 0.299. The van der Waals surface area contributed by atoms with Gasteiger partial charge in [-0.3, -0.25) is 0 Å². The predicted molar refractivity (Wildman–Crippen MR) is 53.3 cm³/mol. The second kappa shape index (κ2) is 4.28. The van der Waals surface area contributed by atoms with E-state index in [4.69, 9.17) is 9.84 Å². The molecule has 0 aromatic heterocycles. The summed E-state index contributed by atoms with van der Waals surface area (Å²) in [5, 5.41) is 8.80. The monoisotopic (exact) mass is 180 g/mol. The molecule has 0 atom stereocenters. The van der Waals surface area contributed by atoms with Crippen LogP contribution in [0.1, 0.15) is 16.7 Å². The summed E-state index contributed by atoms with van der Waals surface area (Å²) in [5.74, 6) is 0.946. The molecule has 0 unspecified atom stereocenters. The lowest BCUT2D eigenvalue weighted by Gasteiger charge is -2.10. The second-order valence-electron chi connectivity index (χ2n) is 3.24. The van der Waals surface area contributed by atoms with Crippen molar-refractivity contribution in [2.24, 2.45) is 0 Å². The molecule has 0 aliphatic rings. The van der Waals surface area contributed by atoms with Crippen molar-refractivity contribution in [2.45, 2.75) is 20.3 Å². The molecule has 0 bridgehead atoms. The summed E-state index contributed by atoms with van der Waals surface area (Å²) in [5.41, 5.74) is 3.43. The van der Waals surface area contributed by atoms with Gasteiger partial charge < -0.3 is 9.84 Å². The highest BCUT2D eigenvalue weighted by molar-refractivity contribution is 5.43. The van der Waals surface area contributed by atoms with E-state index in [2.05, 4.69) is 12.1 Å². The van der Waals surface area contributed by atoms with E-state index in [-0.39, 0.29) is 6.61 Å². The fourth-order valence-corrected chi connectivity index (χ4v) is 1.64. The third kappa shape index (κ3) is 2.22. The zero-order valence-electron chi connectivity index (χ0n) is 8.42. The van der Waals surface area contributed by atoms with Gasteiger partial charge in [-0.1, -0.05) is 12.1 Å². The molecule has 1 aromatic carbocycles. The summed E-state index contributed by atoms with van der Waals surface area (Å²) in [6.45, 7) is 4.24. The van der Waals surface area contributed by atoms with Crippen molar-refractivity contribution in [1.29, 1.82) is 0 Å². The minimum absolute atomic E-state index is 0.200. The number of rotatable bonds is 3. The van der Waals surface area contributed by atoms with E-state index >= 15 is 0 Å². The Balaban J connectivity index is 3.05. The molecule has 0 aliphatic heterocycles. The number of hydrogen-bond donors (Lipinski definition) is 1. The molecule has 0 spiro atoms. The van der Waals surface area contributed by atoms with Crippen LogP contribution in [0.2, 0.25) is 0 Å². The maximum Gasteiger partial charge on any atom is 0.124 e. The molecular weight excluding hydrogens is 164 g/mol. The van der Waals surface area contributed by atoms with Crippen LogP contribution in [0.25, 0.3) is 0 Å². The first-order valence-electron chi connectivity index (χ1n) is 4.44. The Morgan fingerprint density at radius 1 is 1.23 bits per heavy atom. The predicted octanol–water partition coefficient (Wildman–Crippen LogP) is 1.85. The number of hydrogen-bond acceptors (Lipinski definition) is 2. The molecule has 2 heteroatoms. The van der Waals surface area contributed by atoms with E-state index < -0.39 is 0 Å². The fourth-order valence-electron chi connectivity index (χ4n) is 1.64. The van der Waals surface area contributed by atoms with Crippen LogP contribution < -0.4 is 4.74 Å². The minimum atomic E-state index is 0.200. The molecule has 0 saturated carbocycles. The molecule has 13 heavy (non-hydrogen) atoms. The number of aliphatic hydroxyl groups is 1. The van der Waals surface area contributed by atoms with Gasteiger partial charge in [0.25, 0.3) is 0 Å². The Bertz CT molecular complexity index is 269. The Hall–Kier alpha value is -1.02. The number of aliphatic hydroxyl groups excluding tert-OH is 1. The zero-order chi connectivity index (χ0) is 9.84. The molecule has 72 valence electrons. The summed E-state index contributed by atoms with van der Waals surface area (Å²) in [7, 11) is 1.68. The van der Waals surface area contributed by atoms with Crippen molar-refractivity contribution in [1.82, 2.24) is 0 Å². The normalized spacial score (nSPS) is 10.2. The van der Waals surface area contributed by atoms with E-state index in [0.29, 0.717) is 6.42 Å². The molecule has 0 saturated heterocycles. The molecular formula is C11H16O2. The van der Waals surface area contributed by atoms with Crippen molar-refractivity contribution in [3.8, 4) is 5.75 Å². The van der Waals surface area contributed by atoms with Crippen molar-refractivity contribution in [3.63, 3.8) is 0 Å². The van der Waals surface area contributed by atoms with Crippen molar-refractivity contribution < 1.29 is 9.84 Å². The van der Waals surface area contributed by atoms with Gasteiger partial charge in [-0.05, 0) is 37.0 Å². The summed E-state index contributed by atoms with van der Waals surface area (Å²) >= 11 is 0. The quantitative estimate of drug-likeness (QED) is 0.769. The van der Waals surface area contributed by atoms with Crippen LogP contribution in [-0.4, -0.2) is 18.8 Å². The van der Waals surface area contributed by atoms with Crippen LogP contribution in [-0.2, 0) is 6.42 Å². The van der Waals surface area contributed by atoms with Gasteiger partial charge in [0.2, 0.25) is 0 Å². The maximum absolute atomic E-state index is 8.80. The van der Waals surface area contributed by atoms with Crippen LogP contribution in [0, 0.1) is 13.8 Å². The van der Waals surface area contributed by atoms with Gasteiger partial charge in [0, 0.05) is 6.61 Å². The third-order valence-corrected chi connectivity index (χ3v) is 2.12. The van der Waals surface area contributed by atoms with Crippen LogP contribution in [0.4, 0.5) is 0 Å². The Morgan fingerprint density at radius 2 is 1.77 bits per heavy atom. The highest BCUT2D eigenvalue weighted by Gasteiger charge is 2.04. The largest absolute Gasteiger partial charge is 0.496 e. The van der Waals surface area contributed by atoms with Gasteiger partial charge in [-0.25, -0.2) is 0 Å². The third-order valence-electron chi connectivity index (χ3n) is 2.12. The topological polar surface area (TPSA) is 29.5 Å². The average molecular weight is 180 g/mol. The van der Waals surface area contributed by atoms with Gasteiger partial charge in [0.15, 0.2) is 0 Å². The molecule has 0 heterocycles. The van der Waals surface area contributed by atoms with E-state index in [9.17, 15) is 0 Å². The molecule has 0 amide bonds. The van der Waals surface area contributed by atoms with Gasteiger partial charge in [-0.2, -0.15) is 0 Å². The maximum atomic E-state index is 8.80. The first kappa shape index (κ1) is 10.1. The van der Waals surface area contributed by atoms with Crippen LogP contribution in [0.5, 0.6) is 5.75 Å². The zero-order valence-corrected chi connectivity index (χ0v) is 8.42. The Kier molecular flexibility index (Phi) is 3.32. The smallest absolute Gasteiger partial charge is 0.124 e. The van der Waals surface area contributed by atoms with E-state index in [1.807, 2.05) is 13.8 Å². The van der Waals surface area contributed by atoms with Crippen LogP contribution >= 0.6 is 0 Å². The number of ether oxygens (including phenoxy) is 1. The van der Waals surface area contributed by atoms with E-state index in [0.717, 1.165) is 16.9 Å². The highest BCUT2D eigenvalue weighted by atomic mass is 16.5. The SMILES string of the molecule is COc1c(C)cc(CCO)cc1C. The molecule has 1 aromatic rings. The van der Waals surface area contributed by atoms with Crippen molar-refractivity contribution in [2.75, 3.05) is 13.7 Å². The standard InChI is InChI=1S/C11H16O2/c1-8-6-10(4-5-12)7-9(2)11(8)13-3/h6-7,12H,4-5H2,1-3H3. The Morgan fingerprint density at radius 3 is 2.15 bits per heavy atom. The van der Waals surface area contributed by atoms with Crippen LogP contribution in [0.15, 0.2) is 12.1 Å². The number of methoxy groups -OCH3 is 1. The molecule has 0 fully saturated rings. The first-order chi connectivity index (χ1) is 6.19. The molecule has 1 rings (SSSR count). The highest BCUT2D eigenvalue weighted by Crippen LogP contribution is 2.24. The minimum Gasteiger partial charge on any atom is -0.496 e. The summed E-state index contributed by atoms with van der Waals surface area (Å²) in [6, 6.07) is 4.12. The van der Waals surface area contributed by atoms with Gasteiger partial charge in [0.05, 0.1) is 7.11 Å². The fraction of sp³-hybridized carbons (Fsp3) is 0.455. The van der Waals surface area contributed by atoms with E-state index in [1.165, 1.54) is 5.56 Å². The van der Waals surface area contributed by atoms with Gasteiger partial charge >= 0.3 is 0 Å². The molecule has 2 nitrogen and oxygen atoms in total. The first-order valence-corrected chi connectivity index (χ1v) is 4.44. The molecule has 0 radical (unpaired) electrons. The number of benzene rings is 1. The Labute approximate surface area is 79.2 Å².